The number of primary amides is 2. The van der Waals surface area contributed by atoms with Crippen molar-refractivity contribution < 1.29 is 9.59 Å². The molecule has 2 amide bonds. The maximum Gasteiger partial charge on any atom is 0.235 e. The third-order valence-electron chi connectivity index (χ3n) is 4.47. The van der Waals surface area contributed by atoms with Gasteiger partial charge < -0.3 is 16.4 Å². The first-order valence-electron chi connectivity index (χ1n) is 9.21. The molecule has 0 bridgehead atoms. The van der Waals surface area contributed by atoms with Gasteiger partial charge in [0.25, 0.3) is 0 Å². The molecule has 154 valence electrons. The Kier molecular flexibility index (Phi) is 7.79. The molecule has 0 aliphatic heterocycles. The number of thioether (sulfide) groups is 1. The number of hydrogen-bond donors (Lipinski definition) is 2. The first-order valence-corrected chi connectivity index (χ1v) is 10.1. The van der Waals surface area contributed by atoms with Crippen LogP contribution in [-0.2, 0) is 16.0 Å². The predicted octanol–water partition coefficient (Wildman–Crippen LogP) is 2.02. The normalized spacial score (nSPS) is 11.2. The summed E-state index contributed by atoms with van der Waals surface area (Å²) in [5.74, 6) is -0.714. The number of benzene rings is 1. The minimum absolute atomic E-state index is 0.0842. The zero-order valence-electron chi connectivity index (χ0n) is 16.8. The van der Waals surface area contributed by atoms with Gasteiger partial charge in [0, 0.05) is 20.0 Å². The van der Waals surface area contributed by atoms with E-state index < -0.39 is 17.1 Å². The van der Waals surface area contributed by atoms with Crippen molar-refractivity contribution in [1.82, 2.24) is 4.98 Å². The molecular weight excluding hydrogens is 400 g/mol. The van der Waals surface area contributed by atoms with Gasteiger partial charge in [0.2, 0.25) is 11.8 Å². The van der Waals surface area contributed by atoms with Gasteiger partial charge in [-0.25, -0.2) is 4.98 Å². The lowest BCUT2D eigenvalue weighted by Gasteiger charge is -2.23. The van der Waals surface area contributed by atoms with Crippen LogP contribution in [0.3, 0.4) is 0 Å². The van der Waals surface area contributed by atoms with Crippen molar-refractivity contribution in [1.29, 1.82) is 10.5 Å². The number of nitriles is 2. The zero-order valence-corrected chi connectivity index (χ0v) is 17.6. The summed E-state index contributed by atoms with van der Waals surface area (Å²) in [7, 11) is 1.69. The number of carbonyl (C=O) groups excluding carboxylic acids is 2. The quantitative estimate of drug-likeness (QED) is 0.587. The summed E-state index contributed by atoms with van der Waals surface area (Å²) in [5, 5.41) is 19.0. The summed E-state index contributed by atoms with van der Waals surface area (Å²) in [4.78, 5) is 29.5. The molecule has 0 saturated carbocycles. The molecule has 1 unspecified atom stereocenters. The van der Waals surface area contributed by atoms with Gasteiger partial charge in [-0.2, -0.15) is 10.5 Å². The van der Waals surface area contributed by atoms with E-state index in [0.29, 0.717) is 28.4 Å². The molecule has 0 radical (unpaired) electrons. The average molecular weight is 423 g/mol. The van der Waals surface area contributed by atoms with Gasteiger partial charge in [-0.3, -0.25) is 9.59 Å². The minimum Gasteiger partial charge on any atom is -0.370 e. The van der Waals surface area contributed by atoms with Gasteiger partial charge in [0.05, 0.1) is 11.1 Å². The molecule has 4 N–H and O–H groups in total. The molecule has 0 spiro atoms. The van der Waals surface area contributed by atoms with E-state index in [4.69, 9.17) is 11.5 Å². The molecule has 1 aromatic carbocycles. The summed E-state index contributed by atoms with van der Waals surface area (Å²) in [6.45, 7) is 2.09. The third kappa shape index (κ3) is 5.07. The van der Waals surface area contributed by atoms with Crippen LogP contribution in [0, 0.1) is 22.7 Å². The molecule has 1 atom stereocenters. The molecule has 30 heavy (non-hydrogen) atoms. The van der Waals surface area contributed by atoms with Crippen LogP contribution in [0.5, 0.6) is 0 Å². The maximum absolute atomic E-state index is 12.2. The lowest BCUT2D eigenvalue weighted by molar-refractivity contribution is -0.118. The zero-order chi connectivity index (χ0) is 22.3. The van der Waals surface area contributed by atoms with Crippen molar-refractivity contribution in [3.63, 3.8) is 0 Å². The van der Waals surface area contributed by atoms with E-state index in [1.54, 1.807) is 36.2 Å². The summed E-state index contributed by atoms with van der Waals surface area (Å²) < 4.78 is 0. The monoisotopic (exact) mass is 422 g/mol. The Hall–Kier alpha value is -3.56. The van der Waals surface area contributed by atoms with Gasteiger partial charge in [0.15, 0.2) is 0 Å². The Balaban J connectivity index is 2.61. The Labute approximate surface area is 179 Å². The minimum atomic E-state index is -0.757. The molecule has 1 aromatic heterocycles. The molecular formula is C21H22N6O2S. The molecule has 0 fully saturated rings. The lowest BCUT2D eigenvalue weighted by atomic mass is 10.0. The van der Waals surface area contributed by atoms with Crippen LogP contribution in [0.15, 0.2) is 35.4 Å². The molecule has 9 heteroatoms. The molecule has 8 nitrogen and oxygen atoms in total. The standard InChI is InChI=1S/C21H22N6O2S/c1-3-14-15(11-22)20(27(2)10-9-17(24)28)26-21(16(14)12-23)30-18(19(25)29)13-7-5-4-6-8-13/h4-8,18H,3,9-10H2,1-2H3,(H2,24,28)(H2,25,29). The summed E-state index contributed by atoms with van der Waals surface area (Å²) >= 11 is 1.07. The van der Waals surface area contributed by atoms with E-state index in [0.717, 1.165) is 11.8 Å². The van der Waals surface area contributed by atoms with Crippen LogP contribution >= 0.6 is 11.8 Å². The van der Waals surface area contributed by atoms with Crippen LogP contribution in [0.2, 0.25) is 0 Å². The van der Waals surface area contributed by atoms with E-state index in [1.807, 2.05) is 13.0 Å². The number of anilines is 1. The van der Waals surface area contributed by atoms with Crippen LogP contribution in [0.1, 0.15) is 40.8 Å². The van der Waals surface area contributed by atoms with Crippen molar-refractivity contribution in [3.05, 3.63) is 52.6 Å². The number of amides is 2. The fraction of sp³-hybridized carbons (Fsp3) is 0.286. The van der Waals surface area contributed by atoms with Crippen LogP contribution in [0.25, 0.3) is 0 Å². The topological polar surface area (TPSA) is 150 Å². The maximum atomic E-state index is 12.2. The number of carbonyl (C=O) groups is 2. The third-order valence-corrected chi connectivity index (χ3v) is 5.73. The number of hydrogen-bond acceptors (Lipinski definition) is 7. The highest BCUT2D eigenvalue weighted by atomic mass is 32.2. The Morgan fingerprint density at radius 1 is 1.17 bits per heavy atom. The number of rotatable bonds is 9. The lowest BCUT2D eigenvalue weighted by Crippen LogP contribution is -2.26. The van der Waals surface area contributed by atoms with Crippen molar-refractivity contribution in [2.24, 2.45) is 11.5 Å². The highest BCUT2D eigenvalue weighted by Crippen LogP contribution is 2.39. The summed E-state index contributed by atoms with van der Waals surface area (Å²) in [6, 6.07) is 13.2. The molecule has 2 rings (SSSR count). The van der Waals surface area contributed by atoms with Crippen molar-refractivity contribution >= 4 is 29.4 Å². The second-order valence-electron chi connectivity index (χ2n) is 6.50. The van der Waals surface area contributed by atoms with E-state index in [2.05, 4.69) is 17.1 Å². The van der Waals surface area contributed by atoms with E-state index in [1.165, 1.54) is 0 Å². The summed E-state index contributed by atoms with van der Waals surface area (Å²) in [6.07, 6.45) is 0.506. The highest BCUT2D eigenvalue weighted by molar-refractivity contribution is 8.00. The fourth-order valence-electron chi connectivity index (χ4n) is 2.96. The summed E-state index contributed by atoms with van der Waals surface area (Å²) in [5.41, 5.74) is 12.6. The van der Waals surface area contributed by atoms with E-state index in [-0.39, 0.29) is 24.1 Å². The highest BCUT2D eigenvalue weighted by Gasteiger charge is 2.26. The largest absolute Gasteiger partial charge is 0.370 e. The van der Waals surface area contributed by atoms with E-state index in [9.17, 15) is 20.1 Å². The second-order valence-corrected chi connectivity index (χ2v) is 7.59. The fourth-order valence-corrected chi connectivity index (χ4v) is 4.02. The van der Waals surface area contributed by atoms with Gasteiger partial charge in [-0.15, -0.1) is 0 Å². The van der Waals surface area contributed by atoms with Gasteiger partial charge >= 0.3 is 0 Å². The number of pyridine rings is 1. The first kappa shape index (κ1) is 22.7. The Bertz CT molecular complexity index is 1030. The van der Waals surface area contributed by atoms with Crippen molar-refractivity contribution in [2.75, 3.05) is 18.5 Å². The first-order chi connectivity index (χ1) is 14.3. The molecule has 0 aliphatic carbocycles. The number of aromatic nitrogens is 1. The van der Waals surface area contributed by atoms with Gasteiger partial charge in [0.1, 0.15) is 28.2 Å². The van der Waals surface area contributed by atoms with E-state index >= 15 is 0 Å². The molecule has 1 heterocycles. The average Bonchev–Trinajstić information content (AvgIpc) is 2.74. The second kappa shape index (κ2) is 10.3. The van der Waals surface area contributed by atoms with Crippen LogP contribution < -0.4 is 16.4 Å². The smallest absolute Gasteiger partial charge is 0.235 e. The number of nitrogens with zero attached hydrogens (tertiary/aromatic N) is 4. The van der Waals surface area contributed by atoms with Gasteiger partial charge in [-0.05, 0) is 17.5 Å². The van der Waals surface area contributed by atoms with Gasteiger partial charge in [-0.1, -0.05) is 49.0 Å². The molecule has 0 saturated heterocycles. The van der Waals surface area contributed by atoms with Crippen molar-refractivity contribution in [3.8, 4) is 12.1 Å². The molecule has 0 aliphatic rings. The molecule has 2 aromatic rings. The van der Waals surface area contributed by atoms with Crippen LogP contribution in [0.4, 0.5) is 5.82 Å². The predicted molar refractivity (Wildman–Crippen MR) is 114 cm³/mol. The number of nitrogens with two attached hydrogens (primary N) is 2. The van der Waals surface area contributed by atoms with Crippen LogP contribution in [-0.4, -0.2) is 30.4 Å². The van der Waals surface area contributed by atoms with Crippen molar-refractivity contribution in [2.45, 2.75) is 30.0 Å². The SMILES string of the molecule is CCc1c(C#N)c(SC(C(N)=O)c2ccccc2)nc(N(C)CCC(N)=O)c1C#N. The Morgan fingerprint density at radius 3 is 2.30 bits per heavy atom. The Morgan fingerprint density at radius 2 is 1.80 bits per heavy atom.